The second-order valence-corrected chi connectivity index (χ2v) is 5.81. The highest BCUT2D eigenvalue weighted by Gasteiger charge is 2.12. The summed E-state index contributed by atoms with van der Waals surface area (Å²) in [5.74, 6) is 0.178. The van der Waals surface area contributed by atoms with Crippen molar-refractivity contribution in [3.8, 4) is 0 Å². The van der Waals surface area contributed by atoms with Gasteiger partial charge in [-0.2, -0.15) is 0 Å². The number of nitrogens with zero attached hydrogens (tertiary/aromatic N) is 2. The van der Waals surface area contributed by atoms with Gasteiger partial charge in [-0.3, -0.25) is 0 Å². The second kappa shape index (κ2) is 5.87. The Morgan fingerprint density at radius 3 is 2.62 bits per heavy atom. The molecule has 0 aliphatic carbocycles. The summed E-state index contributed by atoms with van der Waals surface area (Å²) in [6, 6.07) is 13.9. The van der Waals surface area contributed by atoms with Gasteiger partial charge in [0.1, 0.15) is 5.82 Å². The Hall–Kier alpha value is -1.85. The van der Waals surface area contributed by atoms with Crippen LogP contribution >= 0.6 is 11.8 Å². The monoisotopic (exact) mass is 302 g/mol. The van der Waals surface area contributed by atoms with E-state index in [1.807, 2.05) is 35.9 Å². The van der Waals surface area contributed by atoms with E-state index in [1.54, 1.807) is 12.1 Å². The van der Waals surface area contributed by atoms with E-state index in [-0.39, 0.29) is 5.82 Å². The van der Waals surface area contributed by atoms with E-state index in [9.17, 15) is 9.50 Å². The molecule has 1 heterocycles. The average molecular weight is 302 g/mol. The first-order chi connectivity index (χ1) is 10.1. The molecular weight excluding hydrogens is 287 g/mol. The number of para-hydroxylation sites is 2. The Labute approximate surface area is 126 Å². The zero-order valence-corrected chi connectivity index (χ0v) is 12.3. The number of hydrogen-bond acceptors (Lipinski definition) is 3. The van der Waals surface area contributed by atoms with E-state index < -0.39 is 6.10 Å². The van der Waals surface area contributed by atoms with E-state index in [0.717, 1.165) is 16.2 Å². The molecule has 3 aromatic rings. The van der Waals surface area contributed by atoms with Crippen molar-refractivity contribution >= 4 is 22.8 Å². The zero-order chi connectivity index (χ0) is 14.8. The molecule has 0 saturated carbocycles. The first-order valence-corrected chi connectivity index (χ1v) is 7.61. The number of aryl methyl sites for hydroxylation is 1. The largest absolute Gasteiger partial charge is 0.388 e. The predicted molar refractivity (Wildman–Crippen MR) is 82.8 cm³/mol. The van der Waals surface area contributed by atoms with Gasteiger partial charge < -0.3 is 9.67 Å². The smallest absolute Gasteiger partial charge is 0.168 e. The van der Waals surface area contributed by atoms with Crippen LogP contribution in [-0.2, 0) is 7.05 Å². The third-order valence-electron chi connectivity index (χ3n) is 3.37. The minimum absolute atomic E-state index is 0.297. The molecule has 108 valence electrons. The Morgan fingerprint density at radius 2 is 1.90 bits per heavy atom. The lowest BCUT2D eigenvalue weighted by molar-refractivity contribution is 0.204. The van der Waals surface area contributed by atoms with E-state index >= 15 is 0 Å². The summed E-state index contributed by atoms with van der Waals surface area (Å²) in [5, 5.41) is 11.0. The molecule has 5 heteroatoms. The van der Waals surface area contributed by atoms with Crippen molar-refractivity contribution in [3.05, 3.63) is 59.9 Å². The van der Waals surface area contributed by atoms with E-state index in [0.29, 0.717) is 11.3 Å². The molecule has 0 saturated heterocycles. The van der Waals surface area contributed by atoms with Crippen molar-refractivity contribution in [2.75, 3.05) is 5.75 Å². The first-order valence-electron chi connectivity index (χ1n) is 6.63. The molecule has 1 unspecified atom stereocenters. The number of rotatable bonds is 4. The van der Waals surface area contributed by atoms with Crippen LogP contribution in [0.25, 0.3) is 11.0 Å². The normalized spacial score (nSPS) is 12.7. The number of imidazole rings is 1. The third kappa shape index (κ3) is 2.94. The highest BCUT2D eigenvalue weighted by molar-refractivity contribution is 7.99. The van der Waals surface area contributed by atoms with Crippen molar-refractivity contribution in [1.82, 2.24) is 9.55 Å². The summed E-state index contributed by atoms with van der Waals surface area (Å²) >= 11 is 1.49. The number of thioether (sulfide) groups is 1. The van der Waals surface area contributed by atoms with Crippen molar-refractivity contribution in [2.45, 2.75) is 11.3 Å². The molecule has 1 N–H and O–H groups in total. The van der Waals surface area contributed by atoms with Crippen LogP contribution in [0.15, 0.2) is 53.7 Å². The van der Waals surface area contributed by atoms with Crippen molar-refractivity contribution in [3.63, 3.8) is 0 Å². The topological polar surface area (TPSA) is 38.0 Å². The average Bonchev–Trinajstić information content (AvgIpc) is 2.82. The first kappa shape index (κ1) is 14.1. The van der Waals surface area contributed by atoms with Gasteiger partial charge in [0, 0.05) is 12.8 Å². The second-order valence-electron chi connectivity index (χ2n) is 4.82. The Kier molecular flexibility index (Phi) is 3.94. The lowest BCUT2D eigenvalue weighted by Crippen LogP contribution is -2.02. The molecule has 0 aliphatic heterocycles. The fourth-order valence-corrected chi connectivity index (χ4v) is 3.14. The molecule has 2 aromatic carbocycles. The van der Waals surface area contributed by atoms with Crippen molar-refractivity contribution < 1.29 is 9.50 Å². The summed E-state index contributed by atoms with van der Waals surface area (Å²) in [4.78, 5) is 4.55. The summed E-state index contributed by atoms with van der Waals surface area (Å²) < 4.78 is 14.9. The quantitative estimate of drug-likeness (QED) is 0.749. The van der Waals surface area contributed by atoms with Gasteiger partial charge in [0.15, 0.2) is 5.16 Å². The maximum Gasteiger partial charge on any atom is 0.168 e. The highest BCUT2D eigenvalue weighted by atomic mass is 32.2. The molecule has 0 aliphatic rings. The number of halogens is 1. The lowest BCUT2D eigenvalue weighted by Gasteiger charge is -2.10. The highest BCUT2D eigenvalue weighted by Crippen LogP contribution is 2.26. The fraction of sp³-hybridized carbons (Fsp3) is 0.188. The van der Waals surface area contributed by atoms with Crippen LogP contribution in [0.2, 0.25) is 0 Å². The Bertz CT molecular complexity index is 755. The molecule has 1 atom stereocenters. The van der Waals surface area contributed by atoms with Crippen LogP contribution in [0, 0.1) is 5.82 Å². The summed E-state index contributed by atoms with van der Waals surface area (Å²) in [5.41, 5.74) is 2.72. The van der Waals surface area contributed by atoms with Crippen molar-refractivity contribution in [1.29, 1.82) is 0 Å². The van der Waals surface area contributed by atoms with Gasteiger partial charge in [-0.25, -0.2) is 9.37 Å². The molecule has 21 heavy (non-hydrogen) atoms. The summed E-state index contributed by atoms with van der Waals surface area (Å²) in [6.45, 7) is 0. The van der Waals surface area contributed by atoms with Crippen LogP contribution in [0.1, 0.15) is 11.7 Å². The van der Waals surface area contributed by atoms with Crippen LogP contribution < -0.4 is 0 Å². The number of hydrogen-bond donors (Lipinski definition) is 1. The van der Waals surface area contributed by atoms with Crippen LogP contribution in [0.3, 0.4) is 0 Å². The molecule has 0 bridgehead atoms. The minimum Gasteiger partial charge on any atom is -0.388 e. The maximum absolute atomic E-state index is 12.9. The van der Waals surface area contributed by atoms with Crippen LogP contribution in [-0.4, -0.2) is 20.4 Å². The van der Waals surface area contributed by atoms with Crippen molar-refractivity contribution in [2.24, 2.45) is 7.05 Å². The molecular formula is C16H15FN2OS. The van der Waals surface area contributed by atoms with E-state index in [2.05, 4.69) is 4.98 Å². The number of aliphatic hydroxyl groups excluding tert-OH is 1. The molecule has 0 amide bonds. The minimum atomic E-state index is -0.643. The number of benzene rings is 2. The predicted octanol–water partition coefficient (Wildman–Crippen LogP) is 3.54. The van der Waals surface area contributed by atoms with Crippen LogP contribution in [0.5, 0.6) is 0 Å². The van der Waals surface area contributed by atoms with Gasteiger partial charge in [0.2, 0.25) is 0 Å². The van der Waals surface area contributed by atoms with E-state index in [1.165, 1.54) is 23.9 Å². The molecule has 0 radical (unpaired) electrons. The number of aromatic nitrogens is 2. The fourth-order valence-electron chi connectivity index (χ4n) is 2.19. The molecule has 1 aromatic heterocycles. The molecule has 0 fully saturated rings. The van der Waals surface area contributed by atoms with Gasteiger partial charge in [-0.15, -0.1) is 0 Å². The number of fused-ring (bicyclic) bond motifs is 1. The van der Waals surface area contributed by atoms with Gasteiger partial charge in [0.25, 0.3) is 0 Å². The summed E-state index contributed by atoms with van der Waals surface area (Å²) in [7, 11) is 1.96. The SMILES string of the molecule is Cn1c(SCC(O)c2ccc(F)cc2)nc2ccccc21. The molecule has 3 rings (SSSR count). The van der Waals surface area contributed by atoms with Gasteiger partial charge in [0.05, 0.1) is 17.1 Å². The Morgan fingerprint density at radius 1 is 1.19 bits per heavy atom. The van der Waals surface area contributed by atoms with Crippen LogP contribution in [0.4, 0.5) is 4.39 Å². The molecule has 3 nitrogen and oxygen atoms in total. The van der Waals surface area contributed by atoms with E-state index in [4.69, 9.17) is 0 Å². The standard InChI is InChI=1S/C16H15FN2OS/c1-19-14-5-3-2-4-13(14)18-16(19)21-10-15(20)11-6-8-12(17)9-7-11/h2-9,15,20H,10H2,1H3. The third-order valence-corrected chi connectivity index (χ3v) is 4.48. The zero-order valence-electron chi connectivity index (χ0n) is 11.5. The number of aliphatic hydroxyl groups is 1. The maximum atomic E-state index is 12.9. The Balaban J connectivity index is 1.74. The lowest BCUT2D eigenvalue weighted by atomic mass is 10.1. The summed E-state index contributed by atoms with van der Waals surface area (Å²) in [6.07, 6.45) is -0.643. The van der Waals surface area contributed by atoms with Gasteiger partial charge in [-0.05, 0) is 29.8 Å². The molecule has 0 spiro atoms. The van der Waals surface area contributed by atoms with Gasteiger partial charge >= 0.3 is 0 Å². The van der Waals surface area contributed by atoms with Gasteiger partial charge in [-0.1, -0.05) is 36.0 Å².